The largest absolute Gasteiger partial charge is 0.612 e. The minimum absolute atomic E-state index is 0.143. The normalized spacial score (nSPS) is 13.8. The molecule has 1 unspecified atom stereocenters. The third-order valence-electron chi connectivity index (χ3n) is 5.03. The quantitative estimate of drug-likeness (QED) is 0.470. The maximum atomic E-state index is 13.3. The molecule has 0 bridgehead atoms. The second-order valence-electron chi connectivity index (χ2n) is 8.96. The van der Waals surface area contributed by atoms with Gasteiger partial charge in [0.2, 0.25) is 0 Å². The van der Waals surface area contributed by atoms with Crippen molar-refractivity contribution in [1.29, 1.82) is 0 Å². The van der Waals surface area contributed by atoms with Gasteiger partial charge < -0.3 is 15.0 Å². The number of hydrogen-bond donors (Lipinski definition) is 2. The average Bonchev–Trinajstić information content (AvgIpc) is 2.66. The van der Waals surface area contributed by atoms with Gasteiger partial charge in [-0.05, 0) is 40.7 Å². The highest BCUT2D eigenvalue weighted by atomic mass is 35.5. The molecule has 34 heavy (non-hydrogen) atoms. The Hall–Kier alpha value is -1.95. The molecule has 0 aliphatic carbocycles. The number of hydrogen-bond acceptors (Lipinski definition) is 5. The molecule has 12 heteroatoms. The Morgan fingerprint density at radius 3 is 2.15 bits per heavy atom. The molecule has 1 atom stereocenters. The molecule has 0 aliphatic rings. The molecule has 6 nitrogen and oxygen atoms in total. The highest BCUT2D eigenvalue weighted by molar-refractivity contribution is 7.92. The van der Waals surface area contributed by atoms with Gasteiger partial charge in [0, 0.05) is 17.2 Å². The molecule has 0 saturated heterocycles. The molecule has 188 valence electrons. The first-order valence-corrected chi connectivity index (χ1v) is 13.4. The SMILES string of the molecule is CC(C)c1c([S+](C)[O-])cc(C(C)(C)C)c(O)c1C(=O)Nc1ccc(S(=O)(=O)C(F)(F)F)cc1Cl. The van der Waals surface area contributed by atoms with E-state index >= 15 is 0 Å². The monoisotopic (exact) mass is 539 g/mol. The molecule has 0 heterocycles. The van der Waals surface area contributed by atoms with E-state index in [1.54, 1.807) is 40.7 Å². The van der Waals surface area contributed by atoms with Gasteiger partial charge in [0.1, 0.15) is 12.0 Å². The smallest absolute Gasteiger partial charge is 0.501 e. The molecular weight excluding hydrogens is 515 g/mol. The van der Waals surface area contributed by atoms with Crippen molar-refractivity contribution in [2.75, 3.05) is 11.6 Å². The highest BCUT2D eigenvalue weighted by Gasteiger charge is 2.47. The van der Waals surface area contributed by atoms with E-state index in [0.717, 1.165) is 6.07 Å². The summed E-state index contributed by atoms with van der Waals surface area (Å²) in [5.74, 6) is -1.49. The molecule has 2 aromatic rings. The fraction of sp³-hybridized carbons (Fsp3) is 0.409. The topological polar surface area (TPSA) is 107 Å². The highest BCUT2D eigenvalue weighted by Crippen LogP contribution is 2.42. The molecule has 2 N–H and O–H groups in total. The Morgan fingerprint density at radius 2 is 1.74 bits per heavy atom. The Balaban J connectivity index is 2.66. The number of anilines is 1. The predicted octanol–water partition coefficient (Wildman–Crippen LogP) is 5.75. The predicted molar refractivity (Wildman–Crippen MR) is 126 cm³/mol. The van der Waals surface area contributed by atoms with Crippen molar-refractivity contribution < 1.29 is 36.0 Å². The van der Waals surface area contributed by atoms with Gasteiger partial charge in [-0.3, -0.25) is 4.79 Å². The van der Waals surface area contributed by atoms with Crippen molar-refractivity contribution in [3.05, 3.63) is 46.0 Å². The third-order valence-corrected chi connectivity index (χ3v) is 7.78. The molecule has 0 aromatic heterocycles. The van der Waals surface area contributed by atoms with E-state index in [9.17, 15) is 36.0 Å². The minimum atomic E-state index is -5.63. The number of nitrogens with one attached hydrogen (secondary N) is 1. The molecule has 0 aliphatic heterocycles. The summed E-state index contributed by atoms with van der Waals surface area (Å²) in [6.07, 6.45) is 1.45. The van der Waals surface area contributed by atoms with Crippen LogP contribution in [-0.2, 0) is 26.4 Å². The fourth-order valence-corrected chi connectivity index (χ4v) is 5.37. The first-order valence-electron chi connectivity index (χ1n) is 9.96. The Labute approximate surface area is 204 Å². The zero-order chi connectivity index (χ0) is 26.4. The van der Waals surface area contributed by atoms with Crippen LogP contribution in [0.5, 0.6) is 5.75 Å². The summed E-state index contributed by atoms with van der Waals surface area (Å²) in [6, 6.07) is 3.78. The van der Waals surface area contributed by atoms with Crippen LogP contribution in [0.1, 0.15) is 62.0 Å². The van der Waals surface area contributed by atoms with Crippen LogP contribution in [0.3, 0.4) is 0 Å². The number of benzene rings is 2. The van der Waals surface area contributed by atoms with Gasteiger partial charge in [0.25, 0.3) is 15.7 Å². The van der Waals surface area contributed by atoms with Crippen LogP contribution in [-0.4, -0.2) is 35.7 Å². The number of alkyl halides is 3. The van der Waals surface area contributed by atoms with Gasteiger partial charge in [0.15, 0.2) is 4.90 Å². The number of phenols is 1. The van der Waals surface area contributed by atoms with Gasteiger partial charge in [0.05, 0.1) is 21.2 Å². The summed E-state index contributed by atoms with van der Waals surface area (Å²) >= 11 is 4.48. The van der Waals surface area contributed by atoms with Gasteiger partial charge in [-0.25, -0.2) is 8.42 Å². The summed E-state index contributed by atoms with van der Waals surface area (Å²) in [7, 11) is -5.63. The summed E-state index contributed by atoms with van der Waals surface area (Å²) in [6.45, 7) is 8.92. The average molecular weight is 540 g/mol. The number of sulfone groups is 1. The van der Waals surface area contributed by atoms with Crippen molar-refractivity contribution in [1.82, 2.24) is 0 Å². The number of halogens is 4. The fourth-order valence-electron chi connectivity index (χ4n) is 3.36. The Bertz CT molecular complexity index is 1220. The molecular formula is C22H25ClF3NO5S2. The first kappa shape index (κ1) is 28.3. The maximum absolute atomic E-state index is 13.3. The number of carbonyl (C=O) groups excluding carboxylic acids is 1. The van der Waals surface area contributed by atoms with Crippen molar-refractivity contribution in [3.63, 3.8) is 0 Å². The molecule has 0 spiro atoms. The van der Waals surface area contributed by atoms with E-state index in [4.69, 9.17) is 11.6 Å². The lowest BCUT2D eigenvalue weighted by Crippen LogP contribution is -2.23. The van der Waals surface area contributed by atoms with E-state index in [2.05, 4.69) is 5.32 Å². The number of rotatable bonds is 5. The van der Waals surface area contributed by atoms with Gasteiger partial charge in [-0.2, -0.15) is 13.2 Å². The van der Waals surface area contributed by atoms with E-state index in [1.165, 1.54) is 6.26 Å². The molecule has 2 aromatic carbocycles. The standard InChI is InChI=1S/C22H25ClF3NO5S2/c1-11(2)17-16(33(6)30)10-13(21(3,4)5)19(28)18(17)20(29)27-15-8-7-12(9-14(15)23)34(31,32)22(24,25)26/h7-11,28H,1-6H3,(H,27,29). The Morgan fingerprint density at radius 1 is 1.18 bits per heavy atom. The number of amides is 1. The van der Waals surface area contributed by atoms with Crippen LogP contribution in [0.2, 0.25) is 5.02 Å². The first-order chi connectivity index (χ1) is 15.3. The van der Waals surface area contributed by atoms with E-state index in [0.29, 0.717) is 28.2 Å². The van der Waals surface area contributed by atoms with Crippen molar-refractivity contribution in [2.45, 2.75) is 61.3 Å². The summed E-state index contributed by atoms with van der Waals surface area (Å²) in [5.41, 5.74) is -5.72. The van der Waals surface area contributed by atoms with E-state index in [-0.39, 0.29) is 22.9 Å². The second kappa shape index (κ2) is 9.60. The molecule has 0 saturated carbocycles. The molecule has 1 amide bonds. The van der Waals surface area contributed by atoms with Gasteiger partial charge in [-0.15, -0.1) is 0 Å². The Kier molecular flexibility index (Phi) is 7.99. The summed E-state index contributed by atoms with van der Waals surface area (Å²) in [4.78, 5) is 12.6. The number of aromatic hydroxyl groups is 1. The van der Waals surface area contributed by atoms with Crippen LogP contribution in [0.4, 0.5) is 18.9 Å². The zero-order valence-corrected chi connectivity index (χ0v) is 21.7. The number of phenolic OH excluding ortho intramolecular Hbond substituents is 1. The van der Waals surface area contributed by atoms with Crippen LogP contribution < -0.4 is 5.32 Å². The summed E-state index contributed by atoms with van der Waals surface area (Å²) < 4.78 is 74.2. The summed E-state index contributed by atoms with van der Waals surface area (Å²) in [5, 5.41) is 13.0. The van der Waals surface area contributed by atoms with E-state index < -0.39 is 47.8 Å². The van der Waals surface area contributed by atoms with E-state index in [1.807, 2.05) is 0 Å². The lowest BCUT2D eigenvalue weighted by Gasteiger charge is -2.26. The van der Waals surface area contributed by atoms with Crippen LogP contribution >= 0.6 is 11.6 Å². The number of carbonyl (C=O) groups is 1. The van der Waals surface area contributed by atoms with Gasteiger partial charge >= 0.3 is 5.51 Å². The van der Waals surface area contributed by atoms with Crippen LogP contribution in [0.15, 0.2) is 34.1 Å². The van der Waals surface area contributed by atoms with Crippen molar-refractivity contribution >= 4 is 44.2 Å². The second-order valence-corrected chi connectivity index (χ2v) is 12.7. The van der Waals surface area contributed by atoms with Crippen molar-refractivity contribution in [3.8, 4) is 5.75 Å². The van der Waals surface area contributed by atoms with Crippen LogP contribution in [0.25, 0.3) is 0 Å². The zero-order valence-electron chi connectivity index (χ0n) is 19.3. The molecule has 0 radical (unpaired) electrons. The molecule has 2 rings (SSSR count). The lowest BCUT2D eigenvalue weighted by molar-refractivity contribution is -0.0436. The van der Waals surface area contributed by atoms with Gasteiger partial charge in [-0.1, -0.05) is 46.2 Å². The third kappa shape index (κ3) is 5.48. The minimum Gasteiger partial charge on any atom is -0.612 e. The lowest BCUT2D eigenvalue weighted by atomic mass is 9.82. The van der Waals surface area contributed by atoms with Crippen LogP contribution in [0, 0.1) is 0 Å². The maximum Gasteiger partial charge on any atom is 0.501 e. The molecule has 0 fully saturated rings. The van der Waals surface area contributed by atoms with Crippen molar-refractivity contribution in [2.24, 2.45) is 0 Å².